The van der Waals surface area contributed by atoms with E-state index in [9.17, 15) is 12.8 Å². The summed E-state index contributed by atoms with van der Waals surface area (Å²) in [5.74, 6) is -0.191. The Morgan fingerprint density at radius 2 is 1.76 bits per heavy atom. The van der Waals surface area contributed by atoms with Crippen LogP contribution in [0, 0.1) is 5.82 Å². The smallest absolute Gasteiger partial charge is 0.208 e. The Labute approximate surface area is 124 Å². The maximum atomic E-state index is 13.2. The molecule has 0 aliphatic carbocycles. The van der Waals surface area contributed by atoms with Gasteiger partial charge in [-0.3, -0.25) is 0 Å². The summed E-state index contributed by atoms with van der Waals surface area (Å²) in [6, 6.07) is 14.1. The highest BCUT2D eigenvalue weighted by molar-refractivity contribution is 7.88. The molecule has 1 atom stereocenters. The standard InChI is InChI=1S/C16H18FNO2S/c1-12(11-18-21(2,19)20)13-6-8-14(9-7-13)15-4-3-5-16(17)10-15/h3-10,12,18H,11H2,1-2H3. The van der Waals surface area contributed by atoms with E-state index < -0.39 is 10.0 Å². The summed E-state index contributed by atoms with van der Waals surface area (Å²) >= 11 is 0. The molecule has 0 amide bonds. The molecule has 0 saturated heterocycles. The number of benzene rings is 2. The van der Waals surface area contributed by atoms with Crippen LogP contribution in [0.1, 0.15) is 18.4 Å². The fraction of sp³-hybridized carbons (Fsp3) is 0.250. The van der Waals surface area contributed by atoms with Crippen LogP contribution in [-0.2, 0) is 10.0 Å². The molecule has 1 unspecified atom stereocenters. The minimum atomic E-state index is -3.17. The van der Waals surface area contributed by atoms with Gasteiger partial charge in [0.25, 0.3) is 0 Å². The van der Waals surface area contributed by atoms with Crippen LogP contribution in [0.15, 0.2) is 48.5 Å². The highest BCUT2D eigenvalue weighted by Crippen LogP contribution is 2.23. The molecule has 0 fully saturated rings. The number of sulfonamides is 1. The first kappa shape index (κ1) is 15.7. The van der Waals surface area contributed by atoms with Gasteiger partial charge in [0.1, 0.15) is 5.82 Å². The fourth-order valence-corrected chi connectivity index (χ4v) is 2.62. The molecule has 0 aliphatic heterocycles. The van der Waals surface area contributed by atoms with Crippen LogP contribution >= 0.6 is 0 Å². The van der Waals surface area contributed by atoms with Gasteiger partial charge in [0.05, 0.1) is 6.26 Å². The first-order chi connectivity index (χ1) is 9.85. The van der Waals surface area contributed by atoms with Crippen molar-refractivity contribution in [2.45, 2.75) is 12.8 Å². The van der Waals surface area contributed by atoms with E-state index >= 15 is 0 Å². The molecule has 3 nitrogen and oxygen atoms in total. The molecule has 0 heterocycles. The lowest BCUT2D eigenvalue weighted by Crippen LogP contribution is -2.26. The van der Waals surface area contributed by atoms with Crippen molar-refractivity contribution in [3.05, 3.63) is 59.9 Å². The van der Waals surface area contributed by atoms with Crippen molar-refractivity contribution < 1.29 is 12.8 Å². The van der Waals surface area contributed by atoms with Crippen molar-refractivity contribution in [1.29, 1.82) is 0 Å². The van der Waals surface area contributed by atoms with Crippen molar-refractivity contribution >= 4 is 10.0 Å². The van der Waals surface area contributed by atoms with Crippen LogP contribution in [0.25, 0.3) is 11.1 Å². The van der Waals surface area contributed by atoms with Gasteiger partial charge in [-0.15, -0.1) is 0 Å². The number of nitrogens with one attached hydrogen (secondary N) is 1. The Morgan fingerprint density at radius 3 is 2.33 bits per heavy atom. The maximum Gasteiger partial charge on any atom is 0.208 e. The normalized spacial score (nSPS) is 13.1. The van der Waals surface area contributed by atoms with E-state index in [0.717, 1.165) is 22.9 Å². The predicted molar refractivity (Wildman–Crippen MR) is 83.1 cm³/mol. The largest absolute Gasteiger partial charge is 0.215 e. The summed E-state index contributed by atoms with van der Waals surface area (Å²) in [5.41, 5.74) is 2.79. The van der Waals surface area contributed by atoms with Crippen molar-refractivity contribution in [2.75, 3.05) is 12.8 Å². The highest BCUT2D eigenvalue weighted by atomic mass is 32.2. The molecule has 0 spiro atoms. The molecule has 0 aliphatic rings. The molecular formula is C16H18FNO2S. The Kier molecular flexibility index (Phi) is 4.75. The lowest BCUT2D eigenvalue weighted by atomic mass is 9.98. The van der Waals surface area contributed by atoms with Gasteiger partial charge in [-0.05, 0) is 34.7 Å². The summed E-state index contributed by atoms with van der Waals surface area (Å²) in [6.45, 7) is 2.31. The Balaban J connectivity index is 2.12. The molecule has 0 bridgehead atoms. The molecule has 5 heteroatoms. The van der Waals surface area contributed by atoms with Crippen LogP contribution in [-0.4, -0.2) is 21.2 Å². The third-order valence-electron chi connectivity index (χ3n) is 3.29. The van der Waals surface area contributed by atoms with E-state index in [4.69, 9.17) is 0 Å². The van der Waals surface area contributed by atoms with E-state index in [0.29, 0.717) is 6.54 Å². The minimum absolute atomic E-state index is 0.0706. The summed E-state index contributed by atoms with van der Waals surface area (Å²) in [4.78, 5) is 0. The lowest BCUT2D eigenvalue weighted by Gasteiger charge is -2.13. The van der Waals surface area contributed by atoms with Gasteiger partial charge in [-0.1, -0.05) is 43.3 Å². The van der Waals surface area contributed by atoms with Gasteiger partial charge >= 0.3 is 0 Å². The zero-order valence-electron chi connectivity index (χ0n) is 12.0. The summed E-state index contributed by atoms with van der Waals surface area (Å²) < 4.78 is 37.9. The fourth-order valence-electron chi connectivity index (χ4n) is 2.07. The summed E-state index contributed by atoms with van der Waals surface area (Å²) in [6.07, 6.45) is 1.15. The molecule has 2 aromatic rings. The van der Waals surface area contributed by atoms with Gasteiger partial charge in [0.15, 0.2) is 0 Å². The Hall–Kier alpha value is -1.72. The molecular weight excluding hydrogens is 289 g/mol. The summed E-state index contributed by atoms with van der Waals surface area (Å²) in [5, 5.41) is 0. The van der Waals surface area contributed by atoms with E-state index in [1.54, 1.807) is 6.07 Å². The monoisotopic (exact) mass is 307 g/mol. The van der Waals surface area contributed by atoms with Crippen LogP contribution in [0.2, 0.25) is 0 Å². The predicted octanol–water partition coefficient (Wildman–Crippen LogP) is 3.15. The lowest BCUT2D eigenvalue weighted by molar-refractivity contribution is 0.581. The molecule has 2 aromatic carbocycles. The molecule has 21 heavy (non-hydrogen) atoms. The topological polar surface area (TPSA) is 46.2 Å². The maximum absolute atomic E-state index is 13.2. The minimum Gasteiger partial charge on any atom is -0.215 e. The average molecular weight is 307 g/mol. The van der Waals surface area contributed by atoms with E-state index in [1.165, 1.54) is 12.1 Å². The van der Waals surface area contributed by atoms with Gasteiger partial charge in [-0.25, -0.2) is 17.5 Å². The average Bonchev–Trinajstić information content (AvgIpc) is 2.44. The number of rotatable bonds is 5. The summed E-state index contributed by atoms with van der Waals surface area (Å²) in [7, 11) is -3.17. The Morgan fingerprint density at radius 1 is 1.10 bits per heavy atom. The van der Waals surface area contributed by atoms with Gasteiger partial charge in [0, 0.05) is 6.54 Å². The first-order valence-electron chi connectivity index (χ1n) is 6.66. The van der Waals surface area contributed by atoms with Crippen LogP contribution in [0.4, 0.5) is 4.39 Å². The van der Waals surface area contributed by atoms with Gasteiger partial charge in [0.2, 0.25) is 10.0 Å². The second-order valence-corrected chi connectivity index (χ2v) is 6.99. The number of halogens is 1. The third kappa shape index (κ3) is 4.65. The first-order valence-corrected chi connectivity index (χ1v) is 8.55. The molecule has 2 rings (SSSR count). The van der Waals surface area contributed by atoms with Gasteiger partial charge < -0.3 is 0 Å². The van der Waals surface area contributed by atoms with Crippen LogP contribution < -0.4 is 4.72 Å². The molecule has 1 N–H and O–H groups in total. The third-order valence-corrected chi connectivity index (χ3v) is 3.98. The van der Waals surface area contributed by atoms with Crippen molar-refractivity contribution in [3.8, 4) is 11.1 Å². The molecule has 0 saturated carbocycles. The second-order valence-electron chi connectivity index (χ2n) is 5.15. The Bertz CT molecular complexity index is 711. The zero-order chi connectivity index (χ0) is 15.5. The molecule has 112 valence electrons. The van der Waals surface area contributed by atoms with Crippen LogP contribution in [0.3, 0.4) is 0 Å². The van der Waals surface area contributed by atoms with E-state index in [-0.39, 0.29) is 11.7 Å². The van der Waals surface area contributed by atoms with Crippen molar-refractivity contribution in [3.63, 3.8) is 0 Å². The van der Waals surface area contributed by atoms with Crippen molar-refractivity contribution in [2.24, 2.45) is 0 Å². The van der Waals surface area contributed by atoms with E-state index in [1.807, 2.05) is 37.3 Å². The van der Waals surface area contributed by atoms with E-state index in [2.05, 4.69) is 4.72 Å². The van der Waals surface area contributed by atoms with Gasteiger partial charge in [-0.2, -0.15) is 0 Å². The second kappa shape index (κ2) is 6.37. The number of hydrogen-bond acceptors (Lipinski definition) is 2. The van der Waals surface area contributed by atoms with Crippen molar-refractivity contribution in [1.82, 2.24) is 4.72 Å². The van der Waals surface area contributed by atoms with Crippen LogP contribution in [0.5, 0.6) is 0 Å². The number of hydrogen-bond donors (Lipinski definition) is 1. The zero-order valence-corrected chi connectivity index (χ0v) is 12.8. The molecule has 0 radical (unpaired) electrons. The SMILES string of the molecule is CC(CNS(C)(=O)=O)c1ccc(-c2cccc(F)c2)cc1. The quantitative estimate of drug-likeness (QED) is 0.922. The molecule has 0 aromatic heterocycles. The highest BCUT2D eigenvalue weighted by Gasteiger charge is 2.09.